The standard InChI is InChI=1S/C20H21N3O4S/c1-11-18(20(26)27-3)14(23-19(11)12(2)24)10-16(25)21-9-8-17-22-13-6-4-5-7-15(13)28-17/h4-7,23H,8-10H2,1-3H3,(H,21,25). The molecule has 2 N–H and O–H groups in total. The third-order valence-electron chi connectivity index (χ3n) is 4.41. The monoisotopic (exact) mass is 399 g/mol. The van der Waals surface area contributed by atoms with Gasteiger partial charge in [-0.3, -0.25) is 9.59 Å². The van der Waals surface area contributed by atoms with Gasteiger partial charge in [0.2, 0.25) is 5.91 Å². The SMILES string of the molecule is COC(=O)c1c(CC(=O)NCCc2nc3ccccc3s2)[nH]c(C(C)=O)c1C. The zero-order valence-electron chi connectivity index (χ0n) is 15.9. The van der Waals surface area contributed by atoms with Crippen molar-refractivity contribution in [1.29, 1.82) is 0 Å². The number of nitrogens with zero attached hydrogens (tertiary/aromatic N) is 1. The Morgan fingerprint density at radius 3 is 2.68 bits per heavy atom. The minimum absolute atomic E-state index is 0.0433. The Morgan fingerprint density at radius 1 is 1.25 bits per heavy atom. The Morgan fingerprint density at radius 2 is 2.00 bits per heavy atom. The molecule has 28 heavy (non-hydrogen) atoms. The number of nitrogens with one attached hydrogen (secondary N) is 2. The molecule has 1 amide bonds. The summed E-state index contributed by atoms with van der Waals surface area (Å²) in [6.45, 7) is 3.50. The lowest BCUT2D eigenvalue weighted by atomic mass is 10.1. The Kier molecular flexibility index (Phi) is 5.89. The van der Waals surface area contributed by atoms with Gasteiger partial charge in [-0.15, -0.1) is 11.3 Å². The molecule has 3 aromatic rings. The zero-order chi connectivity index (χ0) is 20.3. The average Bonchev–Trinajstić information content (AvgIpc) is 3.21. The Bertz CT molecular complexity index is 1020. The van der Waals surface area contributed by atoms with E-state index in [4.69, 9.17) is 4.74 Å². The highest BCUT2D eigenvalue weighted by Crippen LogP contribution is 2.22. The first kappa shape index (κ1) is 19.8. The number of Topliss-reactive ketones (excluding diaryl/α,β-unsaturated/α-hetero) is 1. The molecule has 0 bridgehead atoms. The topological polar surface area (TPSA) is 101 Å². The minimum Gasteiger partial charge on any atom is -0.465 e. The average molecular weight is 399 g/mol. The summed E-state index contributed by atoms with van der Waals surface area (Å²) in [7, 11) is 1.27. The second-order valence-corrected chi connectivity index (χ2v) is 7.49. The number of methoxy groups -OCH3 is 1. The molecule has 0 saturated carbocycles. The van der Waals surface area contributed by atoms with Gasteiger partial charge in [-0.05, 0) is 24.6 Å². The van der Waals surface area contributed by atoms with E-state index in [0.29, 0.717) is 29.9 Å². The Balaban J connectivity index is 1.65. The fourth-order valence-corrected chi connectivity index (χ4v) is 4.05. The van der Waals surface area contributed by atoms with Crippen molar-refractivity contribution in [3.8, 4) is 0 Å². The van der Waals surface area contributed by atoms with E-state index in [1.807, 2.05) is 24.3 Å². The van der Waals surface area contributed by atoms with Gasteiger partial charge in [0.15, 0.2) is 5.78 Å². The first-order chi connectivity index (χ1) is 13.4. The summed E-state index contributed by atoms with van der Waals surface area (Å²) >= 11 is 1.60. The molecule has 1 aromatic carbocycles. The van der Waals surface area contributed by atoms with Crippen LogP contribution in [-0.2, 0) is 22.4 Å². The van der Waals surface area contributed by atoms with Crippen LogP contribution in [0.15, 0.2) is 24.3 Å². The van der Waals surface area contributed by atoms with Crippen LogP contribution in [0.1, 0.15) is 44.0 Å². The van der Waals surface area contributed by atoms with Crippen molar-refractivity contribution in [3.05, 3.63) is 51.8 Å². The molecule has 0 spiro atoms. The van der Waals surface area contributed by atoms with E-state index in [2.05, 4.69) is 15.3 Å². The number of thiazole rings is 1. The molecular formula is C20H21N3O4S. The lowest BCUT2D eigenvalue weighted by Crippen LogP contribution is -2.28. The molecule has 0 unspecified atom stereocenters. The zero-order valence-corrected chi connectivity index (χ0v) is 16.7. The number of ketones is 1. The number of benzene rings is 1. The Hall–Kier alpha value is -3.00. The quantitative estimate of drug-likeness (QED) is 0.470. The largest absolute Gasteiger partial charge is 0.465 e. The number of hydrogen-bond acceptors (Lipinski definition) is 6. The van der Waals surface area contributed by atoms with Gasteiger partial charge in [0, 0.05) is 25.6 Å². The summed E-state index contributed by atoms with van der Waals surface area (Å²) in [5.74, 6) is -1.02. The lowest BCUT2D eigenvalue weighted by Gasteiger charge is -2.05. The molecule has 0 atom stereocenters. The van der Waals surface area contributed by atoms with Crippen LogP contribution >= 0.6 is 11.3 Å². The van der Waals surface area contributed by atoms with Gasteiger partial charge in [-0.1, -0.05) is 12.1 Å². The minimum atomic E-state index is -0.571. The van der Waals surface area contributed by atoms with Gasteiger partial charge in [-0.2, -0.15) is 0 Å². The van der Waals surface area contributed by atoms with Gasteiger partial charge in [-0.25, -0.2) is 9.78 Å². The highest BCUT2D eigenvalue weighted by atomic mass is 32.1. The number of fused-ring (bicyclic) bond motifs is 1. The predicted molar refractivity (Wildman–Crippen MR) is 107 cm³/mol. The number of para-hydroxylation sites is 1. The van der Waals surface area contributed by atoms with Crippen molar-refractivity contribution in [3.63, 3.8) is 0 Å². The van der Waals surface area contributed by atoms with Crippen LogP contribution in [-0.4, -0.2) is 41.3 Å². The summed E-state index contributed by atoms with van der Waals surface area (Å²) in [5, 5.41) is 3.79. The normalized spacial score (nSPS) is 10.8. The van der Waals surface area contributed by atoms with Crippen LogP contribution in [0.5, 0.6) is 0 Å². The molecule has 3 rings (SSSR count). The number of esters is 1. The fourth-order valence-electron chi connectivity index (χ4n) is 3.08. The Labute approximate surface area is 166 Å². The molecule has 2 aromatic heterocycles. The number of ether oxygens (including phenoxy) is 1. The summed E-state index contributed by atoms with van der Waals surface area (Å²) in [5.41, 5.74) is 2.39. The molecule has 0 aliphatic carbocycles. The van der Waals surface area contributed by atoms with Gasteiger partial charge in [0.1, 0.15) is 0 Å². The summed E-state index contributed by atoms with van der Waals surface area (Å²) in [6, 6.07) is 7.89. The van der Waals surface area contributed by atoms with Gasteiger partial charge < -0.3 is 15.0 Å². The first-order valence-electron chi connectivity index (χ1n) is 8.82. The second kappa shape index (κ2) is 8.35. The molecule has 0 radical (unpaired) electrons. The predicted octanol–water partition coefficient (Wildman–Crippen LogP) is 2.82. The smallest absolute Gasteiger partial charge is 0.339 e. The van der Waals surface area contributed by atoms with E-state index in [1.165, 1.54) is 14.0 Å². The molecule has 0 aliphatic heterocycles. The highest BCUT2D eigenvalue weighted by Gasteiger charge is 2.24. The van der Waals surface area contributed by atoms with Crippen LogP contribution in [0.4, 0.5) is 0 Å². The molecule has 8 heteroatoms. The van der Waals surface area contributed by atoms with Crippen LogP contribution < -0.4 is 5.32 Å². The molecule has 2 heterocycles. The van der Waals surface area contributed by atoms with E-state index >= 15 is 0 Å². The third kappa shape index (κ3) is 4.12. The van der Waals surface area contributed by atoms with Crippen LogP contribution in [0, 0.1) is 6.92 Å². The van der Waals surface area contributed by atoms with E-state index in [1.54, 1.807) is 18.3 Å². The van der Waals surface area contributed by atoms with E-state index in [0.717, 1.165) is 15.2 Å². The number of hydrogen-bond donors (Lipinski definition) is 2. The molecular weight excluding hydrogens is 378 g/mol. The van der Waals surface area contributed by atoms with Crippen molar-refractivity contribution < 1.29 is 19.1 Å². The molecule has 146 valence electrons. The lowest BCUT2D eigenvalue weighted by molar-refractivity contribution is -0.120. The summed E-state index contributed by atoms with van der Waals surface area (Å²) in [4.78, 5) is 43.6. The molecule has 0 saturated heterocycles. The van der Waals surface area contributed by atoms with Crippen molar-refractivity contribution >= 4 is 39.2 Å². The third-order valence-corrected chi connectivity index (χ3v) is 5.50. The van der Waals surface area contributed by atoms with Gasteiger partial charge in [0.05, 0.1) is 40.0 Å². The molecule has 7 nitrogen and oxygen atoms in total. The number of carbonyl (C=O) groups is 3. The number of aromatic amines is 1. The maximum absolute atomic E-state index is 12.3. The van der Waals surface area contributed by atoms with Crippen molar-refractivity contribution in [2.75, 3.05) is 13.7 Å². The number of amides is 1. The molecule has 0 aliphatic rings. The van der Waals surface area contributed by atoms with Crippen molar-refractivity contribution in [2.24, 2.45) is 0 Å². The van der Waals surface area contributed by atoms with Crippen LogP contribution in [0.3, 0.4) is 0 Å². The highest BCUT2D eigenvalue weighted by molar-refractivity contribution is 7.18. The summed E-state index contributed by atoms with van der Waals surface area (Å²) in [6.07, 6.45) is 0.579. The van der Waals surface area contributed by atoms with E-state index in [-0.39, 0.29) is 23.7 Å². The van der Waals surface area contributed by atoms with Gasteiger partial charge in [0.25, 0.3) is 0 Å². The second-order valence-electron chi connectivity index (χ2n) is 6.38. The number of rotatable bonds is 7. The number of aromatic nitrogens is 2. The number of carbonyl (C=O) groups excluding carboxylic acids is 3. The van der Waals surface area contributed by atoms with Crippen molar-refractivity contribution in [2.45, 2.75) is 26.7 Å². The maximum atomic E-state index is 12.3. The first-order valence-corrected chi connectivity index (χ1v) is 9.64. The fraction of sp³-hybridized carbons (Fsp3) is 0.300. The van der Waals surface area contributed by atoms with E-state index in [9.17, 15) is 14.4 Å². The van der Waals surface area contributed by atoms with Crippen LogP contribution in [0.25, 0.3) is 10.2 Å². The molecule has 0 fully saturated rings. The van der Waals surface area contributed by atoms with E-state index < -0.39 is 5.97 Å². The van der Waals surface area contributed by atoms with Crippen LogP contribution in [0.2, 0.25) is 0 Å². The van der Waals surface area contributed by atoms with Crippen molar-refractivity contribution in [1.82, 2.24) is 15.3 Å². The number of H-pyrrole nitrogens is 1. The van der Waals surface area contributed by atoms with Gasteiger partial charge >= 0.3 is 5.97 Å². The summed E-state index contributed by atoms with van der Waals surface area (Å²) < 4.78 is 5.91. The maximum Gasteiger partial charge on any atom is 0.339 e.